The zero-order valence-electron chi connectivity index (χ0n) is 27.7. The maximum absolute atomic E-state index is 13.7. The molecule has 3 aromatic rings. The second-order valence-electron chi connectivity index (χ2n) is 12.9. The monoisotopic (exact) mass is 756 g/mol. The van der Waals surface area contributed by atoms with Crippen molar-refractivity contribution in [2.45, 2.75) is 99.0 Å². The average molecular weight is 757 g/mol. The quantitative estimate of drug-likeness (QED) is 0.100. The number of hydrogen-bond donors (Lipinski definition) is 12. The molecule has 0 radical (unpaired) electrons. The van der Waals surface area contributed by atoms with Crippen LogP contribution >= 0.6 is 0 Å². The van der Waals surface area contributed by atoms with Gasteiger partial charge in [0.1, 0.15) is 95.4 Å². The topological polar surface area (TPSA) is 328 Å². The van der Waals surface area contributed by atoms with Gasteiger partial charge in [0.25, 0.3) is 0 Å². The second kappa shape index (κ2) is 15.6. The predicted molar refractivity (Wildman–Crippen MR) is 171 cm³/mol. The van der Waals surface area contributed by atoms with Crippen molar-refractivity contribution in [3.05, 3.63) is 46.6 Å². The fourth-order valence-electron chi connectivity index (χ4n) is 6.27. The zero-order chi connectivity index (χ0) is 38.5. The lowest BCUT2D eigenvalue weighted by Gasteiger charge is -2.46. The van der Waals surface area contributed by atoms with E-state index in [9.17, 15) is 66.1 Å². The lowest BCUT2D eigenvalue weighted by molar-refractivity contribution is -0.361. The number of hydrogen-bond acceptors (Lipinski definition) is 20. The van der Waals surface area contributed by atoms with Gasteiger partial charge >= 0.3 is 0 Å². The highest BCUT2D eigenvalue weighted by atomic mass is 16.7. The zero-order valence-corrected chi connectivity index (χ0v) is 27.7. The van der Waals surface area contributed by atoms with Crippen LogP contribution in [0.25, 0.3) is 22.3 Å². The van der Waals surface area contributed by atoms with Crippen LogP contribution < -0.4 is 10.2 Å². The van der Waals surface area contributed by atoms with Crippen LogP contribution in [0.3, 0.4) is 0 Å². The van der Waals surface area contributed by atoms with E-state index in [4.69, 9.17) is 32.8 Å². The molecule has 4 heterocycles. The highest BCUT2D eigenvalue weighted by Crippen LogP contribution is 2.38. The van der Waals surface area contributed by atoms with Gasteiger partial charge < -0.3 is 94.1 Å². The van der Waals surface area contributed by atoms with Gasteiger partial charge in [-0.3, -0.25) is 4.79 Å². The highest BCUT2D eigenvalue weighted by Gasteiger charge is 2.51. The molecule has 0 spiro atoms. The second-order valence-corrected chi connectivity index (χ2v) is 12.9. The lowest BCUT2D eigenvalue weighted by Crippen LogP contribution is -2.64. The molecular weight excluding hydrogens is 716 g/mol. The summed E-state index contributed by atoms with van der Waals surface area (Å²) in [6.45, 7) is -0.0799. The van der Waals surface area contributed by atoms with Gasteiger partial charge in [0, 0.05) is 17.7 Å². The van der Waals surface area contributed by atoms with Crippen molar-refractivity contribution >= 4 is 11.0 Å². The van der Waals surface area contributed by atoms with Crippen LogP contribution in [0, 0.1) is 0 Å². The Morgan fingerprint density at radius 1 is 0.679 bits per heavy atom. The Balaban J connectivity index is 1.22. The van der Waals surface area contributed by atoms with E-state index in [0.29, 0.717) is 0 Å². The summed E-state index contributed by atoms with van der Waals surface area (Å²) >= 11 is 0. The SMILES string of the molecule is C[C@@H]1O[C@@H](OC[C@H]2O[C@@H](Oc3c(-c4ccc(O)cc4)oc4cc(O)cc(O)c4c3=O)[C@H](O)[C@H](O)[C@@H]2O)[C@H](O)[C@H](O[C@H]2O[C@H](CO)[C@@H](O)[C@@H](O)[C@H]2O)[C@H]1O. The summed E-state index contributed by atoms with van der Waals surface area (Å²) in [5, 5.41) is 124. The summed E-state index contributed by atoms with van der Waals surface area (Å²) in [5.41, 5.74) is -1.09. The van der Waals surface area contributed by atoms with Gasteiger partial charge in [-0.05, 0) is 31.2 Å². The largest absolute Gasteiger partial charge is 0.508 e. The number of phenolic OH excluding ortho intramolecular Hbond substituents is 3. The molecule has 6 rings (SSSR count). The standard InChI is InChI=1S/C33H40O20/c1-10-19(38)29(52-32-25(44)23(42)20(39)16(8-34)50-32)27(46)31(48-10)47-9-17-21(40)24(43)26(45)33(51-17)53-30-22(41)18-14(37)6-13(36)7-15(18)49-28(30)11-2-4-12(35)5-3-11/h2-7,10,16-17,19-21,23-27,29,31-40,42-46H,8-9H2,1H3/t10-,16+,17+,19-,20+,21+,23+,24+,25+,26+,27+,29+,31+,32+,33-/m0/s1. The Morgan fingerprint density at radius 2 is 1.30 bits per heavy atom. The Bertz CT molecular complexity index is 1780. The molecule has 0 amide bonds. The van der Waals surface area contributed by atoms with Gasteiger partial charge in [0.2, 0.25) is 17.5 Å². The van der Waals surface area contributed by atoms with Crippen LogP contribution in [-0.2, 0) is 23.7 Å². The molecule has 292 valence electrons. The van der Waals surface area contributed by atoms with Crippen molar-refractivity contribution in [2.75, 3.05) is 13.2 Å². The van der Waals surface area contributed by atoms with Crippen LogP contribution in [0.5, 0.6) is 23.0 Å². The van der Waals surface area contributed by atoms with E-state index in [-0.39, 0.29) is 22.7 Å². The predicted octanol–water partition coefficient (Wildman–Crippen LogP) is -3.57. The summed E-state index contributed by atoms with van der Waals surface area (Å²) < 4.78 is 39.4. The van der Waals surface area contributed by atoms with Crippen molar-refractivity contribution in [1.29, 1.82) is 0 Å². The van der Waals surface area contributed by atoms with Crippen molar-refractivity contribution in [1.82, 2.24) is 0 Å². The fraction of sp³-hybridized carbons (Fsp3) is 0.545. The van der Waals surface area contributed by atoms with Crippen molar-refractivity contribution < 1.29 is 94.1 Å². The summed E-state index contributed by atoms with van der Waals surface area (Å²) in [4.78, 5) is 13.7. The van der Waals surface area contributed by atoms with E-state index < -0.39 is 133 Å². The molecular formula is C33H40O20. The first kappa shape index (κ1) is 39.0. The van der Waals surface area contributed by atoms with Crippen molar-refractivity contribution in [3.63, 3.8) is 0 Å². The van der Waals surface area contributed by atoms with Gasteiger partial charge in [0.05, 0.1) is 19.3 Å². The number of aliphatic hydroxyl groups is 9. The minimum absolute atomic E-state index is 0.136. The maximum atomic E-state index is 13.7. The highest BCUT2D eigenvalue weighted by molar-refractivity contribution is 5.88. The number of fused-ring (bicyclic) bond motifs is 1. The first-order valence-corrected chi connectivity index (χ1v) is 16.4. The molecule has 0 unspecified atom stereocenters. The Labute approximate surface area is 298 Å². The minimum Gasteiger partial charge on any atom is -0.508 e. The van der Waals surface area contributed by atoms with E-state index >= 15 is 0 Å². The van der Waals surface area contributed by atoms with Crippen molar-refractivity contribution in [3.8, 4) is 34.3 Å². The Morgan fingerprint density at radius 3 is 1.96 bits per heavy atom. The van der Waals surface area contributed by atoms with Gasteiger partial charge in [-0.2, -0.15) is 0 Å². The minimum atomic E-state index is -2.00. The summed E-state index contributed by atoms with van der Waals surface area (Å²) in [7, 11) is 0. The Hall–Kier alpha value is -3.71. The molecule has 3 saturated heterocycles. The summed E-state index contributed by atoms with van der Waals surface area (Å²) in [6, 6.07) is 7.18. The van der Waals surface area contributed by atoms with E-state index in [0.717, 1.165) is 12.1 Å². The van der Waals surface area contributed by atoms with Gasteiger partial charge in [-0.15, -0.1) is 0 Å². The molecule has 3 fully saturated rings. The van der Waals surface area contributed by atoms with Gasteiger partial charge in [-0.1, -0.05) is 0 Å². The third-order valence-corrected chi connectivity index (χ3v) is 9.30. The molecule has 15 atom stereocenters. The van der Waals surface area contributed by atoms with Crippen LogP contribution in [0.2, 0.25) is 0 Å². The first-order chi connectivity index (χ1) is 25.1. The van der Waals surface area contributed by atoms with Gasteiger partial charge in [0.15, 0.2) is 18.3 Å². The molecule has 1 aromatic heterocycles. The normalized spacial score (nSPS) is 37.8. The average Bonchev–Trinajstić information content (AvgIpc) is 3.12. The molecule has 53 heavy (non-hydrogen) atoms. The van der Waals surface area contributed by atoms with E-state index in [1.807, 2.05) is 0 Å². The molecule has 3 aliphatic heterocycles. The number of phenols is 3. The van der Waals surface area contributed by atoms with E-state index in [2.05, 4.69) is 0 Å². The lowest BCUT2D eigenvalue weighted by atomic mass is 9.97. The first-order valence-electron chi connectivity index (χ1n) is 16.4. The molecule has 20 nitrogen and oxygen atoms in total. The van der Waals surface area contributed by atoms with Crippen LogP contribution in [-0.4, -0.2) is 167 Å². The molecule has 0 bridgehead atoms. The molecule has 20 heteroatoms. The summed E-state index contributed by atoms with van der Waals surface area (Å²) in [5.74, 6) is -2.19. The van der Waals surface area contributed by atoms with E-state index in [1.165, 1.54) is 31.2 Å². The van der Waals surface area contributed by atoms with Crippen molar-refractivity contribution in [2.24, 2.45) is 0 Å². The third-order valence-electron chi connectivity index (χ3n) is 9.30. The molecule has 3 aliphatic rings. The molecule has 2 aromatic carbocycles. The number of rotatable bonds is 9. The number of benzene rings is 2. The maximum Gasteiger partial charge on any atom is 0.239 e. The van der Waals surface area contributed by atoms with Gasteiger partial charge in [-0.25, -0.2) is 0 Å². The smallest absolute Gasteiger partial charge is 0.239 e. The van der Waals surface area contributed by atoms with E-state index in [1.54, 1.807) is 0 Å². The van der Waals surface area contributed by atoms with Crippen LogP contribution in [0.15, 0.2) is 45.6 Å². The third kappa shape index (κ3) is 7.52. The molecule has 12 N–H and O–H groups in total. The number of ether oxygens (including phenoxy) is 6. The number of aromatic hydroxyl groups is 3. The molecule has 0 saturated carbocycles. The molecule has 0 aliphatic carbocycles. The van der Waals surface area contributed by atoms with Crippen LogP contribution in [0.1, 0.15) is 6.92 Å². The number of aliphatic hydroxyl groups excluding tert-OH is 9. The Kier molecular flexibility index (Phi) is 11.5. The summed E-state index contributed by atoms with van der Waals surface area (Å²) in [6.07, 6.45) is -25.6. The fourth-order valence-corrected chi connectivity index (χ4v) is 6.27. The van der Waals surface area contributed by atoms with Crippen LogP contribution in [0.4, 0.5) is 0 Å².